The van der Waals surface area contributed by atoms with Crippen LogP contribution in [0, 0.1) is 0 Å². The molecule has 0 spiro atoms. The van der Waals surface area contributed by atoms with Gasteiger partial charge in [-0.1, -0.05) is 19.8 Å². The molecule has 0 bridgehead atoms. The largest absolute Gasteiger partial charge is 0.467 e. The van der Waals surface area contributed by atoms with Crippen molar-refractivity contribution in [1.29, 1.82) is 0 Å². The molecule has 1 rings (SSSR count). The molecule has 0 atom stereocenters. The standard InChI is InChI=1S/C10H17N3O2/c1-4-5-6-7-8-11-9(14-2)13-10(12-8)15-3/h4-7H2,1-3H3. The number of unbranched alkanes of at least 4 members (excludes halogenated alkanes) is 2. The zero-order chi connectivity index (χ0) is 11.1. The van der Waals surface area contributed by atoms with Crippen LogP contribution in [0.2, 0.25) is 0 Å². The Morgan fingerprint density at radius 3 is 2.00 bits per heavy atom. The molecule has 0 radical (unpaired) electrons. The molecule has 0 aliphatic carbocycles. The minimum absolute atomic E-state index is 0.313. The number of aryl methyl sites for hydroxylation is 1. The van der Waals surface area contributed by atoms with Gasteiger partial charge in [-0.05, 0) is 6.42 Å². The summed E-state index contributed by atoms with van der Waals surface area (Å²) in [7, 11) is 3.06. The van der Waals surface area contributed by atoms with Gasteiger partial charge in [-0.3, -0.25) is 0 Å². The number of rotatable bonds is 6. The summed E-state index contributed by atoms with van der Waals surface area (Å²) in [6, 6.07) is 0.627. The van der Waals surface area contributed by atoms with Crippen LogP contribution in [0.15, 0.2) is 0 Å². The van der Waals surface area contributed by atoms with Crippen molar-refractivity contribution < 1.29 is 9.47 Å². The highest BCUT2D eigenvalue weighted by molar-refractivity contribution is 5.05. The maximum Gasteiger partial charge on any atom is 0.322 e. The molecule has 1 aromatic rings. The molecule has 1 heterocycles. The van der Waals surface area contributed by atoms with Gasteiger partial charge in [0.05, 0.1) is 14.2 Å². The van der Waals surface area contributed by atoms with Gasteiger partial charge in [0, 0.05) is 6.42 Å². The van der Waals surface area contributed by atoms with Crippen LogP contribution in [0.1, 0.15) is 32.0 Å². The van der Waals surface area contributed by atoms with Gasteiger partial charge in [-0.25, -0.2) is 0 Å². The minimum Gasteiger partial charge on any atom is -0.467 e. The first-order valence-electron chi connectivity index (χ1n) is 5.13. The Labute approximate surface area is 89.9 Å². The number of nitrogens with zero attached hydrogens (tertiary/aromatic N) is 3. The lowest BCUT2D eigenvalue weighted by Crippen LogP contribution is -2.03. The molecular formula is C10H17N3O2. The third-order valence-corrected chi connectivity index (χ3v) is 2.01. The minimum atomic E-state index is 0.313. The molecule has 5 nitrogen and oxygen atoms in total. The lowest BCUT2D eigenvalue weighted by atomic mass is 10.2. The second-order valence-corrected chi connectivity index (χ2v) is 3.18. The highest BCUT2D eigenvalue weighted by Gasteiger charge is 2.06. The maximum absolute atomic E-state index is 4.96. The Kier molecular flexibility index (Phi) is 4.80. The molecule has 15 heavy (non-hydrogen) atoms. The smallest absolute Gasteiger partial charge is 0.322 e. The second kappa shape index (κ2) is 6.16. The quantitative estimate of drug-likeness (QED) is 0.669. The second-order valence-electron chi connectivity index (χ2n) is 3.18. The molecule has 0 aliphatic heterocycles. The third-order valence-electron chi connectivity index (χ3n) is 2.01. The van der Waals surface area contributed by atoms with Crippen molar-refractivity contribution in [3.63, 3.8) is 0 Å². The number of aromatic nitrogens is 3. The summed E-state index contributed by atoms with van der Waals surface area (Å²) in [5.41, 5.74) is 0. The van der Waals surface area contributed by atoms with Gasteiger partial charge in [0.25, 0.3) is 0 Å². The van der Waals surface area contributed by atoms with Crippen molar-refractivity contribution in [3.05, 3.63) is 5.82 Å². The summed E-state index contributed by atoms with van der Waals surface area (Å²) in [5, 5.41) is 0. The van der Waals surface area contributed by atoms with E-state index >= 15 is 0 Å². The number of hydrogen-bond acceptors (Lipinski definition) is 5. The maximum atomic E-state index is 4.96. The summed E-state index contributed by atoms with van der Waals surface area (Å²) < 4.78 is 9.92. The highest BCUT2D eigenvalue weighted by Crippen LogP contribution is 2.10. The summed E-state index contributed by atoms with van der Waals surface area (Å²) in [6.45, 7) is 2.16. The Bertz CT molecular complexity index is 282. The van der Waals surface area contributed by atoms with Crippen LogP contribution < -0.4 is 9.47 Å². The van der Waals surface area contributed by atoms with E-state index in [0.29, 0.717) is 12.0 Å². The van der Waals surface area contributed by atoms with Crippen LogP contribution >= 0.6 is 0 Å². The average Bonchev–Trinajstić information content (AvgIpc) is 2.29. The van der Waals surface area contributed by atoms with Crippen molar-refractivity contribution in [1.82, 2.24) is 15.0 Å². The summed E-state index contributed by atoms with van der Waals surface area (Å²) in [4.78, 5) is 12.2. The normalized spacial score (nSPS) is 10.1. The molecule has 0 saturated heterocycles. The fourth-order valence-corrected chi connectivity index (χ4v) is 1.21. The van der Waals surface area contributed by atoms with Crippen molar-refractivity contribution in [3.8, 4) is 12.0 Å². The van der Waals surface area contributed by atoms with Crippen molar-refractivity contribution >= 4 is 0 Å². The van der Waals surface area contributed by atoms with Crippen LogP contribution in [0.25, 0.3) is 0 Å². The van der Waals surface area contributed by atoms with Gasteiger partial charge in [-0.15, -0.1) is 4.98 Å². The van der Waals surface area contributed by atoms with E-state index in [1.165, 1.54) is 27.1 Å². The van der Waals surface area contributed by atoms with Crippen molar-refractivity contribution in [2.75, 3.05) is 14.2 Å². The molecule has 0 saturated carbocycles. The van der Waals surface area contributed by atoms with E-state index in [1.54, 1.807) is 0 Å². The van der Waals surface area contributed by atoms with Crippen LogP contribution in [0.5, 0.6) is 12.0 Å². The first kappa shape index (κ1) is 11.7. The fraction of sp³-hybridized carbons (Fsp3) is 0.700. The van der Waals surface area contributed by atoms with Crippen LogP contribution in [0.4, 0.5) is 0 Å². The third kappa shape index (κ3) is 3.69. The topological polar surface area (TPSA) is 57.1 Å². The van der Waals surface area contributed by atoms with E-state index in [0.717, 1.165) is 18.7 Å². The zero-order valence-corrected chi connectivity index (χ0v) is 9.49. The lowest BCUT2D eigenvalue weighted by Gasteiger charge is -2.04. The molecule has 0 aromatic carbocycles. The predicted octanol–water partition coefficient (Wildman–Crippen LogP) is 1.62. The lowest BCUT2D eigenvalue weighted by molar-refractivity contribution is 0.336. The Morgan fingerprint density at radius 2 is 1.53 bits per heavy atom. The molecule has 0 fully saturated rings. The van der Waals surface area contributed by atoms with Gasteiger partial charge in [0.1, 0.15) is 5.82 Å². The fourth-order valence-electron chi connectivity index (χ4n) is 1.21. The van der Waals surface area contributed by atoms with Gasteiger partial charge >= 0.3 is 12.0 Å². The Balaban J connectivity index is 2.68. The van der Waals surface area contributed by atoms with E-state index in [2.05, 4.69) is 21.9 Å². The first-order valence-corrected chi connectivity index (χ1v) is 5.13. The number of hydrogen-bond donors (Lipinski definition) is 0. The van der Waals surface area contributed by atoms with E-state index in [9.17, 15) is 0 Å². The molecule has 0 unspecified atom stereocenters. The molecular weight excluding hydrogens is 194 g/mol. The van der Waals surface area contributed by atoms with E-state index < -0.39 is 0 Å². The molecule has 84 valence electrons. The van der Waals surface area contributed by atoms with Crippen LogP contribution in [0.3, 0.4) is 0 Å². The van der Waals surface area contributed by atoms with Crippen molar-refractivity contribution in [2.24, 2.45) is 0 Å². The SMILES string of the molecule is CCCCCc1nc(OC)nc(OC)n1. The van der Waals surface area contributed by atoms with Gasteiger partial charge in [0.15, 0.2) is 0 Å². The molecule has 1 aromatic heterocycles. The highest BCUT2D eigenvalue weighted by atomic mass is 16.5. The molecule has 5 heteroatoms. The Hall–Kier alpha value is -1.39. The molecule has 0 N–H and O–H groups in total. The van der Waals surface area contributed by atoms with Gasteiger partial charge in [-0.2, -0.15) is 9.97 Å². The predicted molar refractivity (Wildman–Crippen MR) is 56.2 cm³/mol. The zero-order valence-electron chi connectivity index (χ0n) is 9.49. The Morgan fingerprint density at radius 1 is 0.933 bits per heavy atom. The summed E-state index contributed by atoms with van der Waals surface area (Å²) in [5.74, 6) is 0.729. The average molecular weight is 211 g/mol. The number of ether oxygens (including phenoxy) is 2. The number of methoxy groups -OCH3 is 2. The van der Waals surface area contributed by atoms with E-state index in [1.807, 2.05) is 0 Å². The van der Waals surface area contributed by atoms with Crippen molar-refractivity contribution in [2.45, 2.75) is 32.6 Å². The summed E-state index contributed by atoms with van der Waals surface area (Å²) in [6.07, 6.45) is 4.27. The van der Waals surface area contributed by atoms with E-state index in [4.69, 9.17) is 9.47 Å². The van der Waals surface area contributed by atoms with Crippen LogP contribution in [-0.4, -0.2) is 29.2 Å². The first-order chi connectivity index (χ1) is 7.30. The molecule has 0 amide bonds. The van der Waals surface area contributed by atoms with E-state index in [-0.39, 0.29) is 0 Å². The monoisotopic (exact) mass is 211 g/mol. The van der Waals surface area contributed by atoms with Gasteiger partial charge in [0.2, 0.25) is 0 Å². The summed E-state index contributed by atoms with van der Waals surface area (Å²) >= 11 is 0. The molecule has 0 aliphatic rings. The van der Waals surface area contributed by atoms with Gasteiger partial charge < -0.3 is 9.47 Å². The van der Waals surface area contributed by atoms with Crippen LogP contribution in [-0.2, 0) is 6.42 Å².